The van der Waals surface area contributed by atoms with Crippen molar-refractivity contribution in [3.05, 3.63) is 29.3 Å². The summed E-state index contributed by atoms with van der Waals surface area (Å²) in [6.45, 7) is 7.12. The van der Waals surface area contributed by atoms with Crippen LogP contribution in [0.25, 0.3) is 0 Å². The molecule has 2 N–H and O–H groups in total. The Morgan fingerprint density at radius 1 is 1.30 bits per heavy atom. The highest BCUT2D eigenvalue weighted by Gasteiger charge is 2.25. The van der Waals surface area contributed by atoms with E-state index in [2.05, 4.69) is 42.3 Å². The second kappa shape index (κ2) is 5.74. The highest BCUT2D eigenvalue weighted by atomic mass is 16.3. The van der Waals surface area contributed by atoms with Crippen LogP contribution in [-0.2, 0) is 6.54 Å². The van der Waals surface area contributed by atoms with E-state index in [1.54, 1.807) is 0 Å². The van der Waals surface area contributed by atoms with Gasteiger partial charge in [-0.05, 0) is 49.3 Å². The van der Waals surface area contributed by atoms with Crippen molar-refractivity contribution in [2.24, 2.45) is 5.92 Å². The van der Waals surface area contributed by atoms with Gasteiger partial charge in [0.05, 0.1) is 6.10 Å². The number of nitrogens with zero attached hydrogens (tertiary/aromatic N) is 1. The number of nitrogens with one attached hydrogen (secondary N) is 1. The molecule has 0 bridgehead atoms. The van der Waals surface area contributed by atoms with Crippen LogP contribution in [0.4, 0.5) is 5.69 Å². The van der Waals surface area contributed by atoms with E-state index in [1.165, 1.54) is 29.7 Å². The fourth-order valence-corrected chi connectivity index (χ4v) is 3.00. The van der Waals surface area contributed by atoms with Crippen molar-refractivity contribution >= 4 is 5.69 Å². The summed E-state index contributed by atoms with van der Waals surface area (Å²) in [5, 5.41) is 13.6. The first-order valence-electron chi connectivity index (χ1n) is 7.89. The molecule has 3 heteroatoms. The maximum absolute atomic E-state index is 10.1. The number of hydrogen-bond donors (Lipinski definition) is 2. The molecule has 2 fully saturated rings. The molecule has 0 aromatic heterocycles. The van der Waals surface area contributed by atoms with Crippen LogP contribution in [0, 0.1) is 12.8 Å². The van der Waals surface area contributed by atoms with Gasteiger partial charge in [-0.25, -0.2) is 0 Å². The van der Waals surface area contributed by atoms with E-state index >= 15 is 0 Å². The van der Waals surface area contributed by atoms with Crippen LogP contribution in [-0.4, -0.2) is 30.3 Å². The van der Waals surface area contributed by atoms with E-state index < -0.39 is 0 Å². The van der Waals surface area contributed by atoms with Crippen LogP contribution in [0.3, 0.4) is 0 Å². The maximum atomic E-state index is 10.1. The minimum Gasteiger partial charge on any atom is -0.391 e. The standard InChI is InChI=1S/C17H26N2O/c1-12-7-8-19(11-17(12)20)16-6-3-14(9-13(16)2)10-18-15-4-5-15/h3,6,9,12,15,17-18,20H,4-5,7-8,10-11H2,1-2H3. The van der Waals surface area contributed by atoms with E-state index in [0.29, 0.717) is 5.92 Å². The molecule has 3 rings (SSSR count). The molecule has 0 spiro atoms. The van der Waals surface area contributed by atoms with Gasteiger partial charge >= 0.3 is 0 Å². The zero-order chi connectivity index (χ0) is 14.1. The van der Waals surface area contributed by atoms with E-state index in [-0.39, 0.29) is 6.10 Å². The third kappa shape index (κ3) is 3.15. The van der Waals surface area contributed by atoms with Gasteiger partial charge in [0.2, 0.25) is 0 Å². The summed E-state index contributed by atoms with van der Waals surface area (Å²) in [6, 6.07) is 7.49. The third-order valence-corrected chi connectivity index (χ3v) is 4.69. The fraction of sp³-hybridized carbons (Fsp3) is 0.647. The van der Waals surface area contributed by atoms with Crippen molar-refractivity contribution in [3.8, 4) is 0 Å². The van der Waals surface area contributed by atoms with Gasteiger partial charge in [-0.15, -0.1) is 0 Å². The topological polar surface area (TPSA) is 35.5 Å². The van der Waals surface area contributed by atoms with Crippen molar-refractivity contribution in [1.29, 1.82) is 0 Å². The van der Waals surface area contributed by atoms with Gasteiger partial charge in [-0.3, -0.25) is 0 Å². The van der Waals surface area contributed by atoms with Crippen molar-refractivity contribution in [3.63, 3.8) is 0 Å². The minimum absolute atomic E-state index is 0.195. The molecule has 1 saturated carbocycles. The molecule has 110 valence electrons. The number of aliphatic hydroxyl groups is 1. The Labute approximate surface area is 122 Å². The van der Waals surface area contributed by atoms with Crippen molar-refractivity contribution in [1.82, 2.24) is 5.32 Å². The predicted octanol–water partition coefficient (Wildman–Crippen LogP) is 2.45. The Balaban J connectivity index is 1.66. The quantitative estimate of drug-likeness (QED) is 0.885. The maximum Gasteiger partial charge on any atom is 0.0741 e. The average molecular weight is 274 g/mol. The van der Waals surface area contributed by atoms with Crippen LogP contribution < -0.4 is 10.2 Å². The molecule has 0 amide bonds. The van der Waals surface area contributed by atoms with Crippen LogP contribution >= 0.6 is 0 Å². The predicted molar refractivity (Wildman–Crippen MR) is 83.0 cm³/mol. The normalized spacial score (nSPS) is 26.9. The highest BCUT2D eigenvalue weighted by molar-refractivity contribution is 5.55. The summed E-state index contributed by atoms with van der Waals surface area (Å²) < 4.78 is 0. The smallest absolute Gasteiger partial charge is 0.0741 e. The monoisotopic (exact) mass is 274 g/mol. The third-order valence-electron chi connectivity index (χ3n) is 4.69. The first-order chi connectivity index (χ1) is 9.63. The molecule has 1 aliphatic carbocycles. The Morgan fingerprint density at radius 3 is 2.75 bits per heavy atom. The van der Waals surface area contributed by atoms with E-state index in [9.17, 15) is 5.11 Å². The molecule has 1 aliphatic heterocycles. The SMILES string of the molecule is Cc1cc(CNC2CC2)ccc1N1CCC(C)C(O)C1. The first-order valence-corrected chi connectivity index (χ1v) is 7.89. The Hall–Kier alpha value is -1.06. The van der Waals surface area contributed by atoms with Crippen LogP contribution in [0.2, 0.25) is 0 Å². The number of piperidine rings is 1. The van der Waals surface area contributed by atoms with Gasteiger partial charge in [-0.2, -0.15) is 0 Å². The number of anilines is 1. The summed E-state index contributed by atoms with van der Waals surface area (Å²) in [5.74, 6) is 0.425. The van der Waals surface area contributed by atoms with Crippen LogP contribution in [0.15, 0.2) is 18.2 Å². The first kappa shape index (κ1) is 13.9. The summed E-state index contributed by atoms with van der Waals surface area (Å²) in [4.78, 5) is 2.33. The molecule has 2 unspecified atom stereocenters. The fourth-order valence-electron chi connectivity index (χ4n) is 3.00. The molecule has 3 nitrogen and oxygen atoms in total. The molecule has 1 aromatic rings. The lowest BCUT2D eigenvalue weighted by atomic mass is 9.95. The molecule has 2 atom stereocenters. The average Bonchev–Trinajstić information content (AvgIpc) is 3.24. The largest absolute Gasteiger partial charge is 0.391 e. The number of rotatable bonds is 4. The molecule has 1 saturated heterocycles. The number of benzene rings is 1. The van der Waals surface area contributed by atoms with Crippen LogP contribution in [0.1, 0.15) is 37.3 Å². The molecule has 1 heterocycles. The number of hydrogen-bond acceptors (Lipinski definition) is 3. The number of aryl methyl sites for hydroxylation is 1. The second-order valence-electron chi connectivity index (χ2n) is 6.56. The lowest BCUT2D eigenvalue weighted by molar-refractivity contribution is 0.103. The van der Waals surface area contributed by atoms with Crippen molar-refractivity contribution in [2.45, 2.75) is 51.8 Å². The van der Waals surface area contributed by atoms with Gasteiger partial charge in [0.1, 0.15) is 0 Å². The van der Waals surface area contributed by atoms with Gasteiger partial charge in [-0.1, -0.05) is 19.1 Å². The second-order valence-corrected chi connectivity index (χ2v) is 6.56. The Morgan fingerprint density at radius 2 is 2.10 bits per heavy atom. The highest BCUT2D eigenvalue weighted by Crippen LogP contribution is 2.27. The zero-order valence-corrected chi connectivity index (χ0v) is 12.6. The minimum atomic E-state index is -0.195. The lowest BCUT2D eigenvalue weighted by Gasteiger charge is -2.36. The molecular weight excluding hydrogens is 248 g/mol. The molecule has 1 aromatic carbocycles. The van der Waals surface area contributed by atoms with Gasteiger partial charge in [0, 0.05) is 31.4 Å². The number of β-amino-alcohol motifs (C(OH)–C–C–N with tert-alkyl or cyclic N) is 1. The van der Waals surface area contributed by atoms with Crippen LogP contribution in [0.5, 0.6) is 0 Å². The molecular formula is C17H26N2O. The Bertz CT molecular complexity index is 470. The molecule has 20 heavy (non-hydrogen) atoms. The van der Waals surface area contributed by atoms with Gasteiger partial charge in [0.15, 0.2) is 0 Å². The van der Waals surface area contributed by atoms with Crippen molar-refractivity contribution in [2.75, 3.05) is 18.0 Å². The summed E-state index contributed by atoms with van der Waals surface area (Å²) >= 11 is 0. The van der Waals surface area contributed by atoms with E-state index in [4.69, 9.17) is 0 Å². The van der Waals surface area contributed by atoms with E-state index in [0.717, 1.165) is 32.1 Å². The summed E-state index contributed by atoms with van der Waals surface area (Å²) in [5.41, 5.74) is 3.97. The molecule has 2 aliphatic rings. The van der Waals surface area contributed by atoms with E-state index in [1.807, 2.05) is 0 Å². The van der Waals surface area contributed by atoms with Gasteiger partial charge < -0.3 is 15.3 Å². The number of aliphatic hydroxyl groups excluding tert-OH is 1. The summed E-state index contributed by atoms with van der Waals surface area (Å²) in [6.07, 6.45) is 3.55. The van der Waals surface area contributed by atoms with Crippen molar-refractivity contribution < 1.29 is 5.11 Å². The zero-order valence-electron chi connectivity index (χ0n) is 12.6. The Kier molecular flexibility index (Phi) is 3.99. The molecule has 0 radical (unpaired) electrons. The summed E-state index contributed by atoms with van der Waals surface area (Å²) in [7, 11) is 0. The lowest BCUT2D eigenvalue weighted by Crippen LogP contribution is -2.43. The van der Waals surface area contributed by atoms with Gasteiger partial charge in [0.25, 0.3) is 0 Å².